The number of halogens is 1. The van der Waals surface area contributed by atoms with Crippen molar-refractivity contribution in [1.82, 2.24) is 5.32 Å². The van der Waals surface area contributed by atoms with Crippen molar-refractivity contribution in [3.63, 3.8) is 0 Å². The summed E-state index contributed by atoms with van der Waals surface area (Å²) in [5.74, 6) is 1.46. The monoisotopic (exact) mass is 278 g/mol. The molecule has 1 aliphatic rings. The highest BCUT2D eigenvalue weighted by Crippen LogP contribution is 2.30. The molecule has 0 radical (unpaired) electrons. The van der Waals surface area contributed by atoms with Gasteiger partial charge in [0, 0.05) is 30.9 Å². The van der Waals surface area contributed by atoms with Crippen molar-refractivity contribution < 1.29 is 4.39 Å². The molecule has 1 saturated heterocycles. The second kappa shape index (κ2) is 7.07. The van der Waals surface area contributed by atoms with Gasteiger partial charge in [0.05, 0.1) is 0 Å². The standard InChI is InChI=1S/C17H27FN2/c1-13(2)14-6-5-10-20(11-9-14)17-8-4-7-16(18)15(17)12-19-3/h4,7-8,13-14,19H,5-6,9-12H2,1-3H3. The third kappa shape index (κ3) is 3.51. The number of anilines is 1. The smallest absolute Gasteiger partial charge is 0.129 e. The lowest BCUT2D eigenvalue weighted by atomic mass is 9.89. The van der Waals surface area contributed by atoms with E-state index < -0.39 is 0 Å². The highest BCUT2D eigenvalue weighted by atomic mass is 19.1. The zero-order chi connectivity index (χ0) is 14.5. The van der Waals surface area contributed by atoms with E-state index in [4.69, 9.17) is 0 Å². The molecular formula is C17H27FN2. The summed E-state index contributed by atoms with van der Waals surface area (Å²) in [5, 5.41) is 3.08. The van der Waals surface area contributed by atoms with E-state index in [2.05, 4.69) is 30.1 Å². The van der Waals surface area contributed by atoms with E-state index in [0.29, 0.717) is 6.54 Å². The molecule has 20 heavy (non-hydrogen) atoms. The van der Waals surface area contributed by atoms with Crippen LogP contribution in [-0.2, 0) is 6.54 Å². The minimum absolute atomic E-state index is 0.0958. The predicted molar refractivity (Wildman–Crippen MR) is 83.6 cm³/mol. The first-order chi connectivity index (χ1) is 9.63. The first kappa shape index (κ1) is 15.3. The van der Waals surface area contributed by atoms with E-state index in [1.807, 2.05) is 13.1 Å². The van der Waals surface area contributed by atoms with Crippen molar-refractivity contribution in [1.29, 1.82) is 0 Å². The molecule has 0 amide bonds. The zero-order valence-corrected chi connectivity index (χ0v) is 13.0. The summed E-state index contributed by atoms with van der Waals surface area (Å²) in [6.45, 7) is 7.31. The number of benzene rings is 1. The maximum Gasteiger partial charge on any atom is 0.129 e. The van der Waals surface area contributed by atoms with Gasteiger partial charge in [-0.15, -0.1) is 0 Å². The molecule has 1 atom stereocenters. The van der Waals surface area contributed by atoms with E-state index in [9.17, 15) is 4.39 Å². The maximum absolute atomic E-state index is 14.0. The van der Waals surface area contributed by atoms with Crippen LogP contribution < -0.4 is 10.2 Å². The fourth-order valence-electron chi connectivity index (χ4n) is 3.23. The second-order valence-corrected chi connectivity index (χ2v) is 6.19. The number of nitrogens with one attached hydrogen (secondary N) is 1. The highest BCUT2D eigenvalue weighted by Gasteiger charge is 2.21. The average molecular weight is 278 g/mol. The Hall–Kier alpha value is -1.09. The van der Waals surface area contributed by atoms with Gasteiger partial charge in [-0.3, -0.25) is 0 Å². The predicted octanol–water partition coefficient (Wildman–Crippen LogP) is 3.81. The molecule has 1 N–H and O–H groups in total. The SMILES string of the molecule is CNCc1c(F)cccc1N1CCCC(C(C)C)CC1. The minimum atomic E-state index is -0.0958. The molecule has 0 aromatic heterocycles. The highest BCUT2D eigenvalue weighted by molar-refractivity contribution is 5.54. The second-order valence-electron chi connectivity index (χ2n) is 6.19. The van der Waals surface area contributed by atoms with Crippen LogP contribution in [0, 0.1) is 17.7 Å². The van der Waals surface area contributed by atoms with Gasteiger partial charge in [-0.25, -0.2) is 4.39 Å². The lowest BCUT2D eigenvalue weighted by Gasteiger charge is -2.26. The fourth-order valence-corrected chi connectivity index (χ4v) is 3.23. The van der Waals surface area contributed by atoms with Crippen molar-refractivity contribution in [3.05, 3.63) is 29.6 Å². The molecule has 1 aromatic carbocycles. The van der Waals surface area contributed by atoms with Crippen molar-refractivity contribution >= 4 is 5.69 Å². The molecule has 0 spiro atoms. The number of hydrogen-bond donors (Lipinski definition) is 1. The van der Waals surface area contributed by atoms with Crippen LogP contribution in [0.2, 0.25) is 0 Å². The fraction of sp³-hybridized carbons (Fsp3) is 0.647. The zero-order valence-electron chi connectivity index (χ0n) is 13.0. The Kier molecular flexibility index (Phi) is 5.41. The molecule has 1 aliphatic heterocycles. The normalized spacial score (nSPS) is 20.2. The lowest BCUT2D eigenvalue weighted by Crippen LogP contribution is -2.27. The van der Waals surface area contributed by atoms with Gasteiger partial charge >= 0.3 is 0 Å². The number of rotatable bonds is 4. The summed E-state index contributed by atoms with van der Waals surface area (Å²) in [6, 6.07) is 5.45. The first-order valence-electron chi connectivity index (χ1n) is 7.80. The molecule has 112 valence electrons. The average Bonchev–Trinajstić information content (AvgIpc) is 2.67. The van der Waals surface area contributed by atoms with Crippen LogP contribution in [0.3, 0.4) is 0 Å². The van der Waals surface area contributed by atoms with Crippen LogP contribution in [0.5, 0.6) is 0 Å². The molecule has 1 fully saturated rings. The van der Waals surface area contributed by atoms with Gasteiger partial charge < -0.3 is 10.2 Å². The summed E-state index contributed by atoms with van der Waals surface area (Å²) >= 11 is 0. The lowest BCUT2D eigenvalue weighted by molar-refractivity contribution is 0.351. The summed E-state index contributed by atoms with van der Waals surface area (Å²) in [6.07, 6.45) is 3.72. The van der Waals surface area contributed by atoms with Gasteiger partial charge in [-0.2, -0.15) is 0 Å². The molecular weight excluding hydrogens is 251 g/mol. The third-order valence-corrected chi connectivity index (χ3v) is 4.50. The van der Waals surface area contributed by atoms with Crippen LogP contribution in [0.15, 0.2) is 18.2 Å². The van der Waals surface area contributed by atoms with Crippen LogP contribution in [0.25, 0.3) is 0 Å². The first-order valence-corrected chi connectivity index (χ1v) is 7.80. The topological polar surface area (TPSA) is 15.3 Å². The van der Waals surface area contributed by atoms with Gasteiger partial charge in [0.15, 0.2) is 0 Å². The van der Waals surface area contributed by atoms with Crippen molar-refractivity contribution in [2.75, 3.05) is 25.0 Å². The molecule has 3 heteroatoms. The van der Waals surface area contributed by atoms with Crippen molar-refractivity contribution in [2.24, 2.45) is 11.8 Å². The molecule has 0 aliphatic carbocycles. The molecule has 2 nitrogen and oxygen atoms in total. The molecule has 1 heterocycles. The van der Waals surface area contributed by atoms with Crippen LogP contribution >= 0.6 is 0 Å². The summed E-state index contributed by atoms with van der Waals surface area (Å²) in [5.41, 5.74) is 1.88. The number of hydrogen-bond acceptors (Lipinski definition) is 2. The Morgan fingerprint density at radius 2 is 2.10 bits per heavy atom. The van der Waals surface area contributed by atoms with Gasteiger partial charge in [0.1, 0.15) is 5.82 Å². The minimum Gasteiger partial charge on any atom is -0.371 e. The van der Waals surface area contributed by atoms with E-state index >= 15 is 0 Å². The van der Waals surface area contributed by atoms with E-state index in [1.54, 1.807) is 6.07 Å². The van der Waals surface area contributed by atoms with Crippen LogP contribution in [0.4, 0.5) is 10.1 Å². The summed E-state index contributed by atoms with van der Waals surface area (Å²) in [4.78, 5) is 2.37. The van der Waals surface area contributed by atoms with E-state index in [-0.39, 0.29) is 5.82 Å². The summed E-state index contributed by atoms with van der Waals surface area (Å²) in [7, 11) is 1.87. The van der Waals surface area contributed by atoms with E-state index in [1.165, 1.54) is 19.3 Å². The Bertz CT molecular complexity index is 431. The van der Waals surface area contributed by atoms with E-state index in [0.717, 1.165) is 36.2 Å². The van der Waals surface area contributed by atoms with Crippen molar-refractivity contribution in [3.8, 4) is 0 Å². The van der Waals surface area contributed by atoms with Crippen LogP contribution in [0.1, 0.15) is 38.7 Å². The molecule has 0 saturated carbocycles. The molecule has 1 unspecified atom stereocenters. The quantitative estimate of drug-likeness (QED) is 0.901. The Labute approximate surface area is 122 Å². The van der Waals surface area contributed by atoms with Gasteiger partial charge in [0.25, 0.3) is 0 Å². The van der Waals surface area contributed by atoms with Gasteiger partial charge in [-0.1, -0.05) is 19.9 Å². The Morgan fingerprint density at radius 1 is 1.30 bits per heavy atom. The van der Waals surface area contributed by atoms with Gasteiger partial charge in [-0.05, 0) is 50.3 Å². The van der Waals surface area contributed by atoms with Crippen LogP contribution in [-0.4, -0.2) is 20.1 Å². The maximum atomic E-state index is 14.0. The molecule has 2 rings (SSSR count). The largest absolute Gasteiger partial charge is 0.371 e. The Morgan fingerprint density at radius 3 is 2.80 bits per heavy atom. The third-order valence-electron chi connectivity index (χ3n) is 4.50. The van der Waals surface area contributed by atoms with Crippen molar-refractivity contribution in [2.45, 2.75) is 39.7 Å². The summed E-state index contributed by atoms with van der Waals surface area (Å²) < 4.78 is 14.0. The molecule has 1 aromatic rings. The Balaban J connectivity index is 2.17. The molecule has 0 bridgehead atoms. The van der Waals surface area contributed by atoms with Gasteiger partial charge in [0.2, 0.25) is 0 Å². The number of nitrogens with zero attached hydrogens (tertiary/aromatic N) is 1.